The summed E-state index contributed by atoms with van der Waals surface area (Å²) in [5, 5.41) is 0.521. The van der Waals surface area contributed by atoms with Crippen LogP contribution in [0.5, 0.6) is 0 Å². The summed E-state index contributed by atoms with van der Waals surface area (Å²) >= 11 is 6.17. The number of hydrogen-bond acceptors (Lipinski definition) is 5. The molecule has 6 nitrogen and oxygen atoms in total. The molecule has 0 N–H and O–H groups in total. The van der Waals surface area contributed by atoms with Crippen LogP contribution in [0.3, 0.4) is 0 Å². The van der Waals surface area contributed by atoms with Gasteiger partial charge in [-0.3, -0.25) is 9.69 Å². The number of aromatic nitrogens is 2. The van der Waals surface area contributed by atoms with Crippen LogP contribution in [0.2, 0.25) is 5.15 Å². The van der Waals surface area contributed by atoms with Gasteiger partial charge in [-0.05, 0) is 39.3 Å². The van der Waals surface area contributed by atoms with Gasteiger partial charge in [-0.1, -0.05) is 11.6 Å². The lowest BCUT2D eigenvalue weighted by molar-refractivity contribution is -0.135. The first-order chi connectivity index (χ1) is 11.6. The Morgan fingerprint density at radius 3 is 2.50 bits per heavy atom. The van der Waals surface area contributed by atoms with E-state index in [1.165, 1.54) is 0 Å². The first-order valence-corrected chi connectivity index (χ1v) is 9.28. The molecule has 1 amide bonds. The van der Waals surface area contributed by atoms with Crippen molar-refractivity contribution in [3.8, 4) is 0 Å². The summed E-state index contributed by atoms with van der Waals surface area (Å²) in [6, 6.07) is 1.92. The Bertz CT molecular complexity index is 627. The third-order valence-corrected chi connectivity index (χ3v) is 5.56. The third kappa shape index (κ3) is 3.22. The Balaban J connectivity index is 1.40. The molecule has 2 saturated heterocycles. The molecule has 7 heteroatoms. The number of halogens is 1. The van der Waals surface area contributed by atoms with Gasteiger partial charge in [0.25, 0.3) is 0 Å². The maximum absolute atomic E-state index is 12.7. The molecule has 1 unspecified atom stereocenters. The normalized spacial score (nSPS) is 25.3. The van der Waals surface area contributed by atoms with Crippen LogP contribution in [-0.2, 0) is 4.79 Å². The van der Waals surface area contributed by atoms with Crippen LogP contribution in [0.1, 0.15) is 37.4 Å². The number of hydrogen-bond donors (Lipinski definition) is 0. The highest BCUT2D eigenvalue weighted by Crippen LogP contribution is 2.39. The first-order valence-electron chi connectivity index (χ1n) is 8.90. The lowest BCUT2D eigenvalue weighted by Gasteiger charge is -2.37. The fraction of sp³-hybridized carbons (Fsp3) is 0.706. The molecule has 1 aliphatic carbocycles. The van der Waals surface area contributed by atoms with Gasteiger partial charge in [0.2, 0.25) is 5.91 Å². The summed E-state index contributed by atoms with van der Waals surface area (Å²) < 4.78 is 0. The molecule has 0 bridgehead atoms. The standard InChI is InChI=1S/C17H24ClN5O/c1-21-6-2-3-13(21)17(24)23-9-7-22(8-10-23)15-11-14(18)19-16(20-15)12-4-5-12/h11-13H,2-10H2,1H3. The van der Waals surface area contributed by atoms with Crippen molar-refractivity contribution in [1.82, 2.24) is 19.8 Å². The summed E-state index contributed by atoms with van der Waals surface area (Å²) in [6.07, 6.45) is 4.44. The van der Waals surface area contributed by atoms with E-state index >= 15 is 0 Å². The Hall–Kier alpha value is -1.40. The highest BCUT2D eigenvalue weighted by Gasteiger charge is 2.33. The molecule has 1 aromatic rings. The number of carbonyl (C=O) groups is 1. The molecule has 1 saturated carbocycles. The minimum atomic E-state index is 0.0755. The first kappa shape index (κ1) is 16.1. The van der Waals surface area contributed by atoms with Crippen LogP contribution in [0.15, 0.2) is 6.07 Å². The summed E-state index contributed by atoms with van der Waals surface area (Å²) in [4.78, 5) is 28.1. The van der Waals surface area contributed by atoms with E-state index in [1.807, 2.05) is 18.0 Å². The number of rotatable bonds is 3. The minimum Gasteiger partial charge on any atom is -0.353 e. The van der Waals surface area contributed by atoms with Crippen molar-refractivity contribution < 1.29 is 4.79 Å². The molecule has 130 valence electrons. The van der Waals surface area contributed by atoms with Crippen LogP contribution < -0.4 is 4.90 Å². The zero-order chi connectivity index (χ0) is 16.7. The van der Waals surface area contributed by atoms with E-state index in [1.54, 1.807) is 0 Å². The highest BCUT2D eigenvalue weighted by molar-refractivity contribution is 6.29. The Labute approximate surface area is 147 Å². The fourth-order valence-electron chi connectivity index (χ4n) is 3.70. The molecular formula is C17H24ClN5O. The lowest BCUT2D eigenvalue weighted by Crippen LogP contribution is -2.53. The second kappa shape index (κ2) is 6.48. The molecule has 1 aromatic heterocycles. The molecule has 3 fully saturated rings. The van der Waals surface area contributed by atoms with Crippen molar-refractivity contribution in [3.05, 3.63) is 17.0 Å². The van der Waals surface area contributed by atoms with E-state index in [2.05, 4.69) is 14.8 Å². The van der Waals surface area contributed by atoms with E-state index in [0.29, 0.717) is 11.1 Å². The Kier molecular flexibility index (Phi) is 4.35. The van der Waals surface area contributed by atoms with Crippen molar-refractivity contribution in [2.75, 3.05) is 44.7 Å². The van der Waals surface area contributed by atoms with Crippen LogP contribution >= 0.6 is 11.6 Å². The molecule has 4 rings (SSSR count). The number of likely N-dealkylation sites (tertiary alicyclic amines) is 1. The largest absolute Gasteiger partial charge is 0.353 e. The quantitative estimate of drug-likeness (QED) is 0.778. The summed E-state index contributed by atoms with van der Waals surface area (Å²) in [7, 11) is 2.05. The van der Waals surface area contributed by atoms with Crippen molar-refractivity contribution in [3.63, 3.8) is 0 Å². The van der Waals surface area contributed by atoms with E-state index in [0.717, 1.165) is 70.0 Å². The van der Waals surface area contributed by atoms with Gasteiger partial charge in [-0.15, -0.1) is 0 Å². The van der Waals surface area contributed by atoms with E-state index in [-0.39, 0.29) is 11.9 Å². The van der Waals surface area contributed by atoms with Gasteiger partial charge in [-0.25, -0.2) is 9.97 Å². The second-order valence-corrected chi connectivity index (χ2v) is 7.52. The number of carbonyl (C=O) groups excluding carboxylic acids is 1. The maximum Gasteiger partial charge on any atom is 0.240 e. The molecule has 1 atom stereocenters. The van der Waals surface area contributed by atoms with E-state index in [9.17, 15) is 4.79 Å². The third-order valence-electron chi connectivity index (χ3n) is 5.36. The van der Waals surface area contributed by atoms with Gasteiger partial charge in [0.15, 0.2) is 0 Å². The Morgan fingerprint density at radius 1 is 1.12 bits per heavy atom. The Morgan fingerprint density at radius 2 is 1.88 bits per heavy atom. The molecule has 0 aromatic carbocycles. The molecule has 24 heavy (non-hydrogen) atoms. The number of amides is 1. The highest BCUT2D eigenvalue weighted by atomic mass is 35.5. The maximum atomic E-state index is 12.7. The van der Waals surface area contributed by atoms with Gasteiger partial charge in [0.1, 0.15) is 16.8 Å². The number of anilines is 1. The van der Waals surface area contributed by atoms with Crippen molar-refractivity contribution in [1.29, 1.82) is 0 Å². The number of likely N-dealkylation sites (N-methyl/N-ethyl adjacent to an activating group) is 1. The average Bonchev–Trinajstić information content (AvgIpc) is 3.35. The molecule has 3 heterocycles. The van der Waals surface area contributed by atoms with Crippen molar-refractivity contribution in [2.24, 2.45) is 0 Å². The van der Waals surface area contributed by atoms with Crippen LogP contribution in [0.25, 0.3) is 0 Å². The predicted octanol–water partition coefficient (Wildman–Crippen LogP) is 1.75. The van der Waals surface area contributed by atoms with Crippen LogP contribution in [-0.4, -0.2) is 71.5 Å². The second-order valence-electron chi connectivity index (χ2n) is 7.13. The smallest absolute Gasteiger partial charge is 0.240 e. The van der Waals surface area contributed by atoms with E-state index < -0.39 is 0 Å². The molecule has 0 radical (unpaired) electrons. The van der Waals surface area contributed by atoms with Crippen LogP contribution in [0.4, 0.5) is 5.82 Å². The monoisotopic (exact) mass is 349 g/mol. The van der Waals surface area contributed by atoms with Gasteiger partial charge in [-0.2, -0.15) is 0 Å². The zero-order valence-electron chi connectivity index (χ0n) is 14.1. The zero-order valence-corrected chi connectivity index (χ0v) is 14.9. The topological polar surface area (TPSA) is 52.6 Å². The van der Waals surface area contributed by atoms with Gasteiger partial charge < -0.3 is 9.80 Å². The minimum absolute atomic E-state index is 0.0755. The summed E-state index contributed by atoms with van der Waals surface area (Å²) in [5.74, 6) is 2.56. The summed E-state index contributed by atoms with van der Waals surface area (Å²) in [6.45, 7) is 4.14. The van der Waals surface area contributed by atoms with Crippen molar-refractivity contribution in [2.45, 2.75) is 37.6 Å². The van der Waals surface area contributed by atoms with Gasteiger partial charge in [0.05, 0.1) is 6.04 Å². The summed E-state index contributed by atoms with van der Waals surface area (Å²) in [5.41, 5.74) is 0. The van der Waals surface area contributed by atoms with Gasteiger partial charge in [0, 0.05) is 38.2 Å². The van der Waals surface area contributed by atoms with E-state index in [4.69, 9.17) is 16.6 Å². The lowest BCUT2D eigenvalue weighted by atomic mass is 10.1. The number of nitrogens with zero attached hydrogens (tertiary/aromatic N) is 5. The molecule has 2 aliphatic heterocycles. The molecule has 3 aliphatic rings. The molecule has 0 spiro atoms. The molecular weight excluding hydrogens is 326 g/mol. The van der Waals surface area contributed by atoms with Crippen molar-refractivity contribution >= 4 is 23.3 Å². The van der Waals surface area contributed by atoms with Crippen LogP contribution in [0, 0.1) is 0 Å². The SMILES string of the molecule is CN1CCCC1C(=O)N1CCN(c2cc(Cl)nc(C3CC3)n2)CC1. The fourth-order valence-corrected chi connectivity index (χ4v) is 3.88. The predicted molar refractivity (Wildman–Crippen MR) is 93.5 cm³/mol. The van der Waals surface area contributed by atoms with Gasteiger partial charge >= 0.3 is 0 Å². The average molecular weight is 350 g/mol. The number of piperazine rings is 1.